The summed E-state index contributed by atoms with van der Waals surface area (Å²) in [7, 11) is 0. The fourth-order valence-corrected chi connectivity index (χ4v) is 2.13. The fraction of sp³-hybridized carbons (Fsp3) is 0.455. The van der Waals surface area contributed by atoms with Crippen LogP contribution in [0.2, 0.25) is 0 Å². The van der Waals surface area contributed by atoms with E-state index in [2.05, 4.69) is 36.5 Å². The second kappa shape index (κ2) is 6.62. The molecule has 1 heterocycles. The summed E-state index contributed by atoms with van der Waals surface area (Å²) in [5, 5.41) is 5.67. The normalized spacial score (nSPS) is 20.9. The van der Waals surface area contributed by atoms with Gasteiger partial charge in [-0.2, -0.15) is 0 Å². The Morgan fingerprint density at radius 2 is 2.20 bits per heavy atom. The highest BCUT2D eigenvalue weighted by Gasteiger charge is 2.31. The van der Waals surface area contributed by atoms with Crippen LogP contribution in [0.1, 0.15) is 12.8 Å². The Balaban J connectivity index is 1.65. The molecule has 0 unspecified atom stereocenters. The predicted molar refractivity (Wildman–Crippen MR) is 73.8 cm³/mol. The minimum Gasteiger partial charge on any atom is -0.446 e. The lowest BCUT2D eigenvalue weighted by atomic mass is 9.89. The van der Waals surface area contributed by atoms with Crippen LogP contribution in [0.3, 0.4) is 0 Å². The molecule has 0 radical (unpaired) electrons. The maximum atomic E-state index is 11.7. The molecular formula is C11H14BrN5O3. The number of aromatic nitrogens is 2. The summed E-state index contributed by atoms with van der Waals surface area (Å²) in [5.74, 6) is 0.173. The first-order chi connectivity index (χ1) is 9.52. The van der Waals surface area contributed by atoms with Gasteiger partial charge in [-0.3, -0.25) is 9.78 Å². The van der Waals surface area contributed by atoms with Crippen molar-refractivity contribution in [3.05, 3.63) is 17.0 Å². The number of carbonyl (C=O) groups excluding carboxylic acids is 2. The minimum atomic E-state index is -0.764. The topological polar surface area (TPSA) is 119 Å². The molecule has 1 saturated carbocycles. The predicted octanol–water partition coefficient (Wildman–Crippen LogP) is 0.393. The summed E-state index contributed by atoms with van der Waals surface area (Å²) in [6, 6.07) is 0.152. The van der Waals surface area contributed by atoms with Crippen molar-refractivity contribution in [2.75, 3.05) is 11.9 Å². The van der Waals surface area contributed by atoms with Gasteiger partial charge in [0.1, 0.15) is 10.7 Å². The Morgan fingerprint density at radius 3 is 2.85 bits per heavy atom. The van der Waals surface area contributed by atoms with Crippen molar-refractivity contribution in [2.45, 2.75) is 25.0 Å². The van der Waals surface area contributed by atoms with Crippen molar-refractivity contribution < 1.29 is 14.3 Å². The molecule has 1 fully saturated rings. The lowest BCUT2D eigenvalue weighted by Gasteiger charge is -2.34. The molecule has 1 aromatic heterocycles. The number of nitrogens with two attached hydrogens (primary N) is 1. The number of nitrogens with zero attached hydrogens (tertiary/aromatic N) is 2. The Hall–Kier alpha value is -1.74. The standard InChI is InChI=1S/C11H14BrN5O3/c12-8-3-14-4-9(16-8)17-10(18)5-15-6-1-7(2-6)20-11(13)19/h3-4,6-7,15H,1-2,5H2,(H2,13,19)(H,16,17,18)/t6-,7-. The van der Waals surface area contributed by atoms with Gasteiger partial charge < -0.3 is 21.1 Å². The van der Waals surface area contributed by atoms with Gasteiger partial charge in [-0.15, -0.1) is 0 Å². The van der Waals surface area contributed by atoms with E-state index in [1.54, 1.807) is 0 Å². The molecule has 0 saturated heterocycles. The van der Waals surface area contributed by atoms with Gasteiger partial charge in [-0.25, -0.2) is 9.78 Å². The Bertz CT molecular complexity index is 507. The summed E-state index contributed by atoms with van der Waals surface area (Å²) >= 11 is 3.17. The van der Waals surface area contributed by atoms with Gasteiger partial charge >= 0.3 is 6.09 Å². The smallest absolute Gasteiger partial charge is 0.404 e. The van der Waals surface area contributed by atoms with Gasteiger partial charge in [-0.1, -0.05) is 0 Å². The zero-order chi connectivity index (χ0) is 14.5. The highest BCUT2D eigenvalue weighted by atomic mass is 79.9. The second-order valence-electron chi connectivity index (χ2n) is 4.38. The van der Waals surface area contributed by atoms with Crippen LogP contribution in [0.4, 0.5) is 10.6 Å². The van der Waals surface area contributed by atoms with Crippen LogP contribution in [0, 0.1) is 0 Å². The third-order valence-electron chi connectivity index (χ3n) is 2.80. The maximum absolute atomic E-state index is 11.7. The molecule has 1 aliphatic carbocycles. The van der Waals surface area contributed by atoms with Crippen molar-refractivity contribution >= 4 is 33.7 Å². The number of nitrogens with one attached hydrogen (secondary N) is 2. The SMILES string of the molecule is NC(=O)O[C@H]1C[C@H](NCC(=O)Nc2cncc(Br)n2)C1. The molecule has 2 amide bonds. The van der Waals surface area contributed by atoms with E-state index in [0.29, 0.717) is 23.3 Å². The van der Waals surface area contributed by atoms with Crippen LogP contribution >= 0.6 is 15.9 Å². The van der Waals surface area contributed by atoms with E-state index in [4.69, 9.17) is 10.5 Å². The van der Waals surface area contributed by atoms with Gasteiger partial charge in [0.15, 0.2) is 5.82 Å². The molecule has 8 nitrogen and oxygen atoms in total. The van der Waals surface area contributed by atoms with Crippen LogP contribution in [-0.2, 0) is 9.53 Å². The molecule has 108 valence electrons. The summed E-state index contributed by atoms with van der Waals surface area (Å²) in [5.41, 5.74) is 4.91. The maximum Gasteiger partial charge on any atom is 0.404 e. The Kier molecular flexibility index (Phi) is 4.85. The molecule has 20 heavy (non-hydrogen) atoms. The lowest BCUT2D eigenvalue weighted by Crippen LogP contribution is -2.48. The number of amides is 2. The molecule has 1 aromatic rings. The van der Waals surface area contributed by atoms with Gasteiger partial charge in [0.2, 0.25) is 5.91 Å². The number of halogens is 1. The van der Waals surface area contributed by atoms with E-state index in [1.807, 2.05) is 0 Å². The third kappa shape index (κ3) is 4.42. The largest absolute Gasteiger partial charge is 0.446 e. The molecule has 0 aliphatic heterocycles. The second-order valence-corrected chi connectivity index (χ2v) is 5.20. The zero-order valence-corrected chi connectivity index (χ0v) is 12.1. The minimum absolute atomic E-state index is 0.149. The molecule has 2 rings (SSSR count). The Labute approximate surface area is 123 Å². The first kappa shape index (κ1) is 14.7. The van der Waals surface area contributed by atoms with Crippen LogP contribution in [0.15, 0.2) is 17.0 Å². The highest BCUT2D eigenvalue weighted by Crippen LogP contribution is 2.22. The van der Waals surface area contributed by atoms with Crippen molar-refractivity contribution in [2.24, 2.45) is 5.73 Å². The third-order valence-corrected chi connectivity index (χ3v) is 3.18. The first-order valence-corrected chi connectivity index (χ1v) is 6.79. The summed E-state index contributed by atoms with van der Waals surface area (Å²) in [4.78, 5) is 30.1. The van der Waals surface area contributed by atoms with E-state index in [-0.39, 0.29) is 24.6 Å². The lowest BCUT2D eigenvalue weighted by molar-refractivity contribution is -0.115. The summed E-state index contributed by atoms with van der Waals surface area (Å²) in [6.07, 6.45) is 3.40. The van der Waals surface area contributed by atoms with Gasteiger partial charge in [0.05, 0.1) is 18.9 Å². The van der Waals surface area contributed by atoms with E-state index < -0.39 is 6.09 Å². The van der Waals surface area contributed by atoms with E-state index >= 15 is 0 Å². The summed E-state index contributed by atoms with van der Waals surface area (Å²) in [6.45, 7) is 0.155. The van der Waals surface area contributed by atoms with Gasteiger partial charge in [0.25, 0.3) is 0 Å². The van der Waals surface area contributed by atoms with Crippen LogP contribution in [0.25, 0.3) is 0 Å². The summed E-state index contributed by atoms with van der Waals surface area (Å²) < 4.78 is 5.36. The molecule has 1 aliphatic rings. The Morgan fingerprint density at radius 1 is 1.45 bits per heavy atom. The number of rotatable bonds is 5. The molecule has 9 heteroatoms. The highest BCUT2D eigenvalue weighted by molar-refractivity contribution is 9.10. The zero-order valence-electron chi connectivity index (χ0n) is 10.5. The van der Waals surface area contributed by atoms with Crippen LogP contribution in [0.5, 0.6) is 0 Å². The number of ether oxygens (including phenoxy) is 1. The van der Waals surface area contributed by atoms with E-state index in [0.717, 1.165) is 0 Å². The molecule has 4 N–H and O–H groups in total. The average Bonchev–Trinajstić information content (AvgIpc) is 2.31. The molecule has 0 aromatic carbocycles. The number of hydrogen-bond acceptors (Lipinski definition) is 6. The number of primary amides is 1. The van der Waals surface area contributed by atoms with E-state index in [9.17, 15) is 9.59 Å². The first-order valence-electron chi connectivity index (χ1n) is 6.00. The quantitative estimate of drug-likeness (QED) is 0.711. The molecule has 0 spiro atoms. The molecular weight excluding hydrogens is 330 g/mol. The van der Waals surface area contributed by atoms with Crippen molar-refractivity contribution in [1.82, 2.24) is 15.3 Å². The number of hydrogen-bond donors (Lipinski definition) is 3. The van der Waals surface area contributed by atoms with Crippen LogP contribution in [-0.4, -0.2) is 40.7 Å². The van der Waals surface area contributed by atoms with Crippen molar-refractivity contribution in [3.8, 4) is 0 Å². The fourth-order valence-electron chi connectivity index (χ4n) is 1.82. The molecule has 0 bridgehead atoms. The average molecular weight is 344 g/mol. The number of anilines is 1. The van der Waals surface area contributed by atoms with Crippen molar-refractivity contribution in [3.63, 3.8) is 0 Å². The van der Waals surface area contributed by atoms with Gasteiger partial charge in [0, 0.05) is 6.04 Å². The van der Waals surface area contributed by atoms with Crippen LogP contribution < -0.4 is 16.4 Å². The van der Waals surface area contributed by atoms with Crippen molar-refractivity contribution in [1.29, 1.82) is 0 Å². The number of carbonyl (C=O) groups is 2. The molecule has 0 atom stereocenters. The van der Waals surface area contributed by atoms with E-state index in [1.165, 1.54) is 12.4 Å². The van der Waals surface area contributed by atoms with Gasteiger partial charge in [-0.05, 0) is 28.8 Å². The monoisotopic (exact) mass is 343 g/mol.